The van der Waals surface area contributed by atoms with E-state index in [4.69, 9.17) is 9.84 Å². The molecule has 1 fully saturated rings. The van der Waals surface area contributed by atoms with Gasteiger partial charge in [-0.25, -0.2) is 9.59 Å². The average Bonchev–Trinajstić information content (AvgIpc) is 2.83. The summed E-state index contributed by atoms with van der Waals surface area (Å²) >= 11 is 2.02. The fraction of sp³-hybridized carbons (Fsp3) is 0.385. The molecule has 6 heteroatoms. The maximum Gasteiger partial charge on any atom is 0.411 e. The Hall–Kier alpha value is -1.31. The minimum Gasteiger partial charge on any atom is -0.478 e. The van der Waals surface area contributed by atoms with Gasteiger partial charge in [-0.05, 0) is 66.5 Å². The Morgan fingerprint density at radius 2 is 2.00 bits per heavy atom. The Balaban J connectivity index is 2.05. The molecule has 0 unspecified atom stereocenters. The van der Waals surface area contributed by atoms with Gasteiger partial charge < -0.3 is 9.84 Å². The minimum absolute atomic E-state index is 0.0443. The molecule has 0 aromatic heterocycles. The maximum atomic E-state index is 11.7. The van der Waals surface area contributed by atoms with Crippen molar-refractivity contribution in [3.05, 3.63) is 27.3 Å². The van der Waals surface area contributed by atoms with Crippen molar-refractivity contribution in [2.75, 3.05) is 5.32 Å². The summed E-state index contributed by atoms with van der Waals surface area (Å²) in [4.78, 5) is 22.8. The Labute approximate surface area is 124 Å². The number of hydrogen-bond donors (Lipinski definition) is 2. The summed E-state index contributed by atoms with van der Waals surface area (Å²) in [5, 5.41) is 11.6. The van der Waals surface area contributed by atoms with E-state index in [1.165, 1.54) is 6.07 Å². The Kier molecular flexibility index (Phi) is 4.62. The molecule has 102 valence electrons. The van der Waals surface area contributed by atoms with Crippen molar-refractivity contribution >= 4 is 40.3 Å². The van der Waals surface area contributed by atoms with Crippen LogP contribution >= 0.6 is 22.6 Å². The number of rotatable bonds is 3. The third kappa shape index (κ3) is 3.82. The Morgan fingerprint density at radius 1 is 1.32 bits per heavy atom. The van der Waals surface area contributed by atoms with Crippen molar-refractivity contribution in [3.63, 3.8) is 0 Å². The van der Waals surface area contributed by atoms with E-state index in [-0.39, 0.29) is 17.4 Å². The number of aromatic carboxylic acids is 1. The number of carboxylic acids is 1. The van der Waals surface area contributed by atoms with Crippen LogP contribution in [0.1, 0.15) is 36.0 Å². The van der Waals surface area contributed by atoms with E-state index >= 15 is 0 Å². The molecular formula is C13H14INO4. The van der Waals surface area contributed by atoms with Gasteiger partial charge in [0.25, 0.3) is 0 Å². The number of nitrogens with one attached hydrogen (secondary N) is 1. The number of carboxylic acid groups (broad SMARTS) is 1. The first-order chi connectivity index (χ1) is 9.06. The summed E-state index contributed by atoms with van der Waals surface area (Å²) in [7, 11) is 0. The van der Waals surface area contributed by atoms with E-state index in [0.717, 1.165) is 29.3 Å². The molecule has 2 N–H and O–H groups in total. The largest absolute Gasteiger partial charge is 0.478 e. The fourth-order valence-electron chi connectivity index (χ4n) is 2.10. The molecule has 1 amide bonds. The monoisotopic (exact) mass is 375 g/mol. The molecule has 0 spiro atoms. The van der Waals surface area contributed by atoms with Gasteiger partial charge in [0, 0.05) is 3.57 Å². The molecule has 2 rings (SSSR count). The number of halogens is 1. The number of carbonyl (C=O) groups is 2. The summed E-state index contributed by atoms with van der Waals surface area (Å²) in [6.45, 7) is 0. The third-order valence-electron chi connectivity index (χ3n) is 3.02. The van der Waals surface area contributed by atoms with Crippen molar-refractivity contribution in [1.29, 1.82) is 0 Å². The summed E-state index contributed by atoms with van der Waals surface area (Å²) in [6.07, 6.45) is 3.27. The van der Waals surface area contributed by atoms with Gasteiger partial charge in [-0.3, -0.25) is 5.32 Å². The SMILES string of the molecule is O=C(Nc1ccc(I)cc1C(=O)O)OC1CCCC1. The second-order valence-corrected chi connectivity index (χ2v) is 5.68. The number of anilines is 1. The van der Waals surface area contributed by atoms with Gasteiger partial charge in [-0.2, -0.15) is 0 Å². The van der Waals surface area contributed by atoms with Crippen molar-refractivity contribution in [2.24, 2.45) is 0 Å². The minimum atomic E-state index is -1.07. The van der Waals surface area contributed by atoms with Gasteiger partial charge in [0.05, 0.1) is 11.3 Å². The van der Waals surface area contributed by atoms with Gasteiger partial charge in [0.15, 0.2) is 0 Å². The van der Waals surface area contributed by atoms with E-state index in [1.807, 2.05) is 22.6 Å². The Bertz CT molecular complexity index is 497. The van der Waals surface area contributed by atoms with Crippen LogP contribution in [0.2, 0.25) is 0 Å². The van der Waals surface area contributed by atoms with Crippen molar-refractivity contribution < 1.29 is 19.4 Å². The van der Waals surface area contributed by atoms with Gasteiger partial charge in [-0.1, -0.05) is 0 Å². The lowest BCUT2D eigenvalue weighted by Gasteiger charge is -2.13. The highest BCUT2D eigenvalue weighted by atomic mass is 127. The van der Waals surface area contributed by atoms with Crippen LogP contribution in [0.15, 0.2) is 18.2 Å². The van der Waals surface area contributed by atoms with Gasteiger partial charge >= 0.3 is 12.1 Å². The molecular weight excluding hydrogens is 361 g/mol. The number of carbonyl (C=O) groups excluding carboxylic acids is 1. The molecule has 5 nitrogen and oxygen atoms in total. The maximum absolute atomic E-state index is 11.7. The quantitative estimate of drug-likeness (QED) is 0.794. The molecule has 0 bridgehead atoms. The van der Waals surface area contributed by atoms with Gasteiger partial charge in [0.1, 0.15) is 6.10 Å². The van der Waals surface area contributed by atoms with E-state index in [0.29, 0.717) is 0 Å². The van der Waals surface area contributed by atoms with E-state index in [9.17, 15) is 9.59 Å². The zero-order valence-corrected chi connectivity index (χ0v) is 12.3. The molecule has 0 heterocycles. The summed E-state index contributed by atoms with van der Waals surface area (Å²) < 4.78 is 6.03. The highest BCUT2D eigenvalue weighted by Gasteiger charge is 2.20. The second-order valence-electron chi connectivity index (χ2n) is 4.43. The van der Waals surface area contributed by atoms with Crippen LogP contribution in [0.25, 0.3) is 0 Å². The van der Waals surface area contributed by atoms with E-state index in [2.05, 4.69) is 5.32 Å². The topological polar surface area (TPSA) is 75.6 Å². The van der Waals surface area contributed by atoms with Gasteiger partial charge in [-0.15, -0.1) is 0 Å². The lowest BCUT2D eigenvalue weighted by molar-refractivity contribution is 0.0698. The predicted octanol–water partition coefficient (Wildman–Crippen LogP) is 3.48. The number of amides is 1. The van der Waals surface area contributed by atoms with Gasteiger partial charge in [0.2, 0.25) is 0 Å². The molecule has 1 saturated carbocycles. The molecule has 1 aliphatic carbocycles. The average molecular weight is 375 g/mol. The number of benzene rings is 1. The third-order valence-corrected chi connectivity index (χ3v) is 3.70. The zero-order chi connectivity index (χ0) is 13.8. The highest BCUT2D eigenvalue weighted by Crippen LogP contribution is 2.23. The van der Waals surface area contributed by atoms with Crippen LogP contribution in [-0.2, 0) is 4.74 Å². The molecule has 1 aromatic carbocycles. The summed E-state index contributed by atoms with van der Waals surface area (Å²) in [5.74, 6) is -1.07. The van der Waals surface area contributed by atoms with Crippen molar-refractivity contribution in [1.82, 2.24) is 0 Å². The highest BCUT2D eigenvalue weighted by molar-refractivity contribution is 14.1. The molecule has 1 aliphatic rings. The first kappa shape index (κ1) is 14.1. The molecule has 1 aromatic rings. The lowest BCUT2D eigenvalue weighted by Crippen LogP contribution is -2.21. The predicted molar refractivity (Wildman–Crippen MR) is 78.5 cm³/mol. The lowest BCUT2D eigenvalue weighted by atomic mass is 10.2. The Morgan fingerprint density at radius 3 is 2.63 bits per heavy atom. The first-order valence-electron chi connectivity index (χ1n) is 6.07. The van der Waals surface area contributed by atoms with Crippen LogP contribution in [0.5, 0.6) is 0 Å². The summed E-state index contributed by atoms with van der Waals surface area (Å²) in [5.41, 5.74) is 0.325. The number of ether oxygens (including phenoxy) is 1. The van der Waals surface area contributed by atoms with Crippen LogP contribution < -0.4 is 5.32 Å². The van der Waals surface area contributed by atoms with Crippen LogP contribution in [-0.4, -0.2) is 23.3 Å². The van der Waals surface area contributed by atoms with E-state index < -0.39 is 12.1 Å². The zero-order valence-electron chi connectivity index (χ0n) is 10.2. The molecule has 0 aliphatic heterocycles. The molecule has 19 heavy (non-hydrogen) atoms. The van der Waals surface area contributed by atoms with E-state index in [1.54, 1.807) is 12.1 Å². The molecule has 0 radical (unpaired) electrons. The van der Waals surface area contributed by atoms with Crippen LogP contribution in [0.4, 0.5) is 10.5 Å². The fourth-order valence-corrected chi connectivity index (χ4v) is 2.59. The number of hydrogen-bond acceptors (Lipinski definition) is 3. The smallest absolute Gasteiger partial charge is 0.411 e. The van der Waals surface area contributed by atoms with Crippen LogP contribution in [0.3, 0.4) is 0 Å². The summed E-state index contributed by atoms with van der Waals surface area (Å²) in [6, 6.07) is 4.81. The molecule has 0 atom stereocenters. The van der Waals surface area contributed by atoms with Crippen LogP contribution in [0, 0.1) is 3.57 Å². The first-order valence-corrected chi connectivity index (χ1v) is 7.14. The standard InChI is InChI=1S/C13H14INO4/c14-8-5-6-11(10(7-8)12(16)17)15-13(18)19-9-3-1-2-4-9/h5-7,9H,1-4H2,(H,15,18)(H,16,17). The van der Waals surface area contributed by atoms with Crippen molar-refractivity contribution in [3.8, 4) is 0 Å². The van der Waals surface area contributed by atoms with Crippen molar-refractivity contribution in [2.45, 2.75) is 31.8 Å². The molecule has 0 saturated heterocycles. The normalized spacial score (nSPS) is 15.2. The second kappa shape index (κ2) is 6.23.